The smallest absolute Gasteiger partial charge is 0.229 e. The van der Waals surface area contributed by atoms with Crippen molar-refractivity contribution in [2.75, 3.05) is 5.32 Å². The Labute approximate surface area is 87.4 Å². The van der Waals surface area contributed by atoms with Crippen molar-refractivity contribution in [3.8, 4) is 0 Å². The van der Waals surface area contributed by atoms with Gasteiger partial charge in [-0.15, -0.1) is 0 Å². The fourth-order valence-corrected chi connectivity index (χ4v) is 1.42. The lowest BCUT2D eigenvalue weighted by atomic mass is 10.1. The molecule has 4 heteroatoms. The van der Waals surface area contributed by atoms with Crippen molar-refractivity contribution >= 4 is 22.8 Å². The molecule has 1 N–H and O–H groups in total. The molecule has 0 aliphatic carbocycles. The third-order valence-electron chi connectivity index (χ3n) is 2.10. The highest BCUT2D eigenvalue weighted by Gasteiger charge is 2.02. The van der Waals surface area contributed by atoms with Crippen LogP contribution in [-0.2, 0) is 4.79 Å². The third-order valence-corrected chi connectivity index (χ3v) is 2.10. The summed E-state index contributed by atoms with van der Waals surface area (Å²) in [4.78, 5) is 19.2. The van der Waals surface area contributed by atoms with Gasteiger partial charge in [-0.2, -0.15) is 0 Å². The summed E-state index contributed by atoms with van der Waals surface area (Å²) in [5, 5.41) is 3.54. The molecule has 0 radical (unpaired) electrons. The fourth-order valence-electron chi connectivity index (χ4n) is 1.42. The molecule has 2 aromatic rings. The lowest BCUT2D eigenvalue weighted by Crippen LogP contribution is -2.09. The van der Waals surface area contributed by atoms with Crippen molar-refractivity contribution in [3.05, 3.63) is 30.0 Å². The van der Waals surface area contributed by atoms with Crippen LogP contribution in [0.3, 0.4) is 0 Å². The molecule has 76 valence electrons. The first-order valence-corrected chi connectivity index (χ1v) is 4.67. The van der Waals surface area contributed by atoms with Crippen molar-refractivity contribution in [2.24, 2.45) is 0 Å². The van der Waals surface area contributed by atoms with E-state index in [1.54, 1.807) is 6.20 Å². The Hall–Kier alpha value is -1.97. The minimum atomic E-state index is -0.164. The molecule has 0 aliphatic rings. The predicted octanol–water partition coefficient (Wildman–Crippen LogP) is 1.90. The Morgan fingerprint density at radius 2 is 2.20 bits per heavy atom. The van der Waals surface area contributed by atoms with Gasteiger partial charge in [-0.05, 0) is 12.5 Å². The summed E-state index contributed by atoms with van der Waals surface area (Å²) in [7, 11) is 0. The minimum Gasteiger partial charge on any atom is -0.295 e. The van der Waals surface area contributed by atoms with Gasteiger partial charge in [-0.1, -0.05) is 18.2 Å². The van der Waals surface area contributed by atoms with Gasteiger partial charge in [0, 0.05) is 18.5 Å². The van der Waals surface area contributed by atoms with Crippen molar-refractivity contribution in [1.82, 2.24) is 9.97 Å². The van der Waals surface area contributed by atoms with E-state index in [1.165, 1.54) is 6.92 Å². The first-order chi connectivity index (χ1) is 7.16. The number of anilines is 1. The topological polar surface area (TPSA) is 54.9 Å². The molecule has 15 heavy (non-hydrogen) atoms. The van der Waals surface area contributed by atoms with Crippen LogP contribution in [0, 0.1) is 6.92 Å². The highest BCUT2D eigenvalue weighted by molar-refractivity contribution is 5.88. The van der Waals surface area contributed by atoms with Crippen LogP contribution in [-0.4, -0.2) is 15.9 Å². The molecular formula is C11H11N3O. The van der Waals surface area contributed by atoms with Crippen LogP contribution in [0.15, 0.2) is 24.4 Å². The number of benzene rings is 1. The van der Waals surface area contributed by atoms with E-state index in [-0.39, 0.29) is 5.91 Å². The summed E-state index contributed by atoms with van der Waals surface area (Å²) in [6.07, 6.45) is 1.71. The standard InChI is InChI=1S/C11H11N3O/c1-7-4-3-5-9-6-12-11(13-8(2)15)14-10(7)9/h3-6H,1-2H3,(H,12,13,14,15). The molecule has 2 rings (SSSR count). The van der Waals surface area contributed by atoms with Crippen LogP contribution in [0.2, 0.25) is 0 Å². The molecule has 0 atom stereocenters. The molecule has 0 saturated heterocycles. The van der Waals surface area contributed by atoms with Crippen LogP contribution >= 0.6 is 0 Å². The Kier molecular flexibility index (Phi) is 2.33. The molecular weight excluding hydrogens is 190 g/mol. The molecule has 0 saturated carbocycles. The second kappa shape index (κ2) is 3.65. The first-order valence-electron chi connectivity index (χ1n) is 4.67. The number of carbonyl (C=O) groups excluding carboxylic acids is 1. The zero-order chi connectivity index (χ0) is 10.8. The van der Waals surface area contributed by atoms with Crippen LogP contribution < -0.4 is 5.32 Å². The number of carbonyl (C=O) groups is 1. The number of aromatic nitrogens is 2. The minimum absolute atomic E-state index is 0.164. The number of hydrogen-bond acceptors (Lipinski definition) is 3. The molecule has 4 nitrogen and oxygen atoms in total. The average molecular weight is 201 g/mol. The number of hydrogen-bond donors (Lipinski definition) is 1. The molecule has 0 aliphatic heterocycles. The highest BCUT2D eigenvalue weighted by Crippen LogP contribution is 2.16. The van der Waals surface area contributed by atoms with E-state index in [4.69, 9.17) is 0 Å². The summed E-state index contributed by atoms with van der Waals surface area (Å²) < 4.78 is 0. The quantitative estimate of drug-likeness (QED) is 0.766. The maximum absolute atomic E-state index is 10.8. The second-order valence-electron chi connectivity index (χ2n) is 3.39. The highest BCUT2D eigenvalue weighted by atomic mass is 16.1. The molecule has 1 aromatic carbocycles. The predicted molar refractivity (Wildman–Crippen MR) is 58.6 cm³/mol. The Morgan fingerprint density at radius 1 is 1.40 bits per heavy atom. The van der Waals surface area contributed by atoms with Gasteiger partial charge in [0.2, 0.25) is 11.9 Å². The van der Waals surface area contributed by atoms with E-state index < -0.39 is 0 Å². The van der Waals surface area contributed by atoms with Crippen LogP contribution in [0.1, 0.15) is 12.5 Å². The normalized spacial score (nSPS) is 10.3. The molecule has 0 fully saturated rings. The van der Waals surface area contributed by atoms with Crippen molar-refractivity contribution in [3.63, 3.8) is 0 Å². The maximum atomic E-state index is 10.8. The zero-order valence-electron chi connectivity index (χ0n) is 8.61. The van der Waals surface area contributed by atoms with Crippen LogP contribution in [0.4, 0.5) is 5.95 Å². The third kappa shape index (κ3) is 1.93. The summed E-state index contributed by atoms with van der Waals surface area (Å²) >= 11 is 0. The van der Waals surface area contributed by atoms with Crippen molar-refractivity contribution < 1.29 is 4.79 Å². The average Bonchev–Trinajstić information content (AvgIpc) is 2.18. The van der Waals surface area contributed by atoms with E-state index >= 15 is 0 Å². The van der Waals surface area contributed by atoms with E-state index in [2.05, 4.69) is 15.3 Å². The van der Waals surface area contributed by atoms with E-state index in [0.717, 1.165) is 16.5 Å². The van der Waals surface area contributed by atoms with Gasteiger partial charge in [0.15, 0.2) is 0 Å². The number of aryl methyl sites for hydroxylation is 1. The van der Waals surface area contributed by atoms with E-state index in [0.29, 0.717) is 5.95 Å². The van der Waals surface area contributed by atoms with Crippen LogP contribution in [0.25, 0.3) is 10.9 Å². The number of nitrogens with one attached hydrogen (secondary N) is 1. The lowest BCUT2D eigenvalue weighted by Gasteiger charge is -2.03. The summed E-state index contributed by atoms with van der Waals surface area (Å²) in [6.45, 7) is 3.41. The first kappa shape index (κ1) is 9.58. The molecule has 0 bridgehead atoms. The molecule has 0 unspecified atom stereocenters. The Morgan fingerprint density at radius 3 is 2.93 bits per heavy atom. The second-order valence-corrected chi connectivity index (χ2v) is 3.39. The van der Waals surface area contributed by atoms with E-state index in [9.17, 15) is 4.79 Å². The monoisotopic (exact) mass is 201 g/mol. The number of nitrogens with zero attached hydrogens (tertiary/aromatic N) is 2. The summed E-state index contributed by atoms with van der Waals surface area (Å²) in [5.74, 6) is 0.187. The molecule has 0 spiro atoms. The van der Waals surface area contributed by atoms with Gasteiger partial charge in [0.1, 0.15) is 0 Å². The van der Waals surface area contributed by atoms with Gasteiger partial charge in [0.05, 0.1) is 5.52 Å². The number of fused-ring (bicyclic) bond motifs is 1. The zero-order valence-corrected chi connectivity index (χ0v) is 8.61. The molecule has 1 heterocycles. The van der Waals surface area contributed by atoms with Gasteiger partial charge < -0.3 is 0 Å². The Bertz CT molecular complexity index is 522. The van der Waals surface area contributed by atoms with Gasteiger partial charge in [0.25, 0.3) is 0 Å². The van der Waals surface area contributed by atoms with Gasteiger partial charge in [-0.3, -0.25) is 10.1 Å². The van der Waals surface area contributed by atoms with Crippen molar-refractivity contribution in [2.45, 2.75) is 13.8 Å². The number of para-hydroxylation sites is 1. The summed E-state index contributed by atoms with van der Waals surface area (Å²) in [5.41, 5.74) is 1.94. The summed E-state index contributed by atoms with van der Waals surface area (Å²) in [6, 6.07) is 5.88. The van der Waals surface area contributed by atoms with E-state index in [1.807, 2.05) is 25.1 Å². The SMILES string of the molecule is CC(=O)Nc1ncc2cccc(C)c2n1. The largest absolute Gasteiger partial charge is 0.295 e. The Balaban J connectivity index is 2.54. The number of amides is 1. The molecule has 1 amide bonds. The fraction of sp³-hybridized carbons (Fsp3) is 0.182. The maximum Gasteiger partial charge on any atom is 0.229 e. The number of rotatable bonds is 1. The lowest BCUT2D eigenvalue weighted by molar-refractivity contribution is -0.114. The van der Waals surface area contributed by atoms with Gasteiger partial charge in [-0.25, -0.2) is 9.97 Å². The van der Waals surface area contributed by atoms with Crippen molar-refractivity contribution in [1.29, 1.82) is 0 Å². The van der Waals surface area contributed by atoms with Gasteiger partial charge >= 0.3 is 0 Å². The molecule has 1 aromatic heterocycles. The van der Waals surface area contributed by atoms with Crippen LogP contribution in [0.5, 0.6) is 0 Å².